The summed E-state index contributed by atoms with van der Waals surface area (Å²) in [6.45, 7) is 1.15. The molecule has 0 fully saturated rings. The van der Waals surface area contributed by atoms with Crippen molar-refractivity contribution >= 4 is 17.4 Å². The Labute approximate surface area is 146 Å². The van der Waals surface area contributed by atoms with E-state index in [9.17, 15) is 27.2 Å². The monoisotopic (exact) mass is 369 g/mol. The number of ether oxygens (including phenoxy) is 1. The second-order valence-corrected chi connectivity index (χ2v) is 5.26. The lowest BCUT2D eigenvalue weighted by atomic mass is 9.96. The van der Waals surface area contributed by atoms with Gasteiger partial charge < -0.3 is 10.1 Å². The Balaban J connectivity index is 2.33. The zero-order chi connectivity index (χ0) is 19.3. The van der Waals surface area contributed by atoms with Crippen LogP contribution in [-0.4, -0.2) is 24.9 Å². The standard InChI is InChI=1S/C18H15F4NO3/c1-2-26-18(25)12(9-23-10-6-4-3-5-7-10)17(24)11-8-13(19)15(21)16(22)14(11)20/h3-8,12,23H,2,9H2,1H3. The number of Topliss-reactive ketones (excluding diaryl/α,β-unsaturated/α-hetero) is 1. The number of carbonyl (C=O) groups is 2. The lowest BCUT2D eigenvalue weighted by molar-refractivity contribution is -0.145. The lowest BCUT2D eigenvalue weighted by Crippen LogP contribution is -2.33. The molecule has 1 atom stereocenters. The van der Waals surface area contributed by atoms with E-state index in [2.05, 4.69) is 5.32 Å². The topological polar surface area (TPSA) is 55.4 Å². The second kappa shape index (κ2) is 8.46. The molecule has 138 valence electrons. The van der Waals surface area contributed by atoms with Gasteiger partial charge in [-0.25, -0.2) is 17.6 Å². The van der Waals surface area contributed by atoms with Crippen LogP contribution in [0, 0.1) is 29.2 Å². The fourth-order valence-corrected chi connectivity index (χ4v) is 2.24. The molecule has 0 aliphatic carbocycles. The van der Waals surface area contributed by atoms with E-state index in [0.717, 1.165) is 0 Å². The molecule has 2 aromatic carbocycles. The molecule has 0 aromatic heterocycles. The molecule has 0 heterocycles. The fraction of sp³-hybridized carbons (Fsp3) is 0.222. The third-order valence-corrected chi connectivity index (χ3v) is 3.54. The maximum absolute atomic E-state index is 13.9. The average molecular weight is 369 g/mol. The number of nitrogens with one attached hydrogen (secondary N) is 1. The summed E-state index contributed by atoms with van der Waals surface area (Å²) in [6.07, 6.45) is 0. The van der Waals surface area contributed by atoms with Gasteiger partial charge in [0.05, 0.1) is 12.2 Å². The highest BCUT2D eigenvalue weighted by molar-refractivity contribution is 6.09. The zero-order valence-electron chi connectivity index (χ0n) is 13.7. The molecule has 0 saturated carbocycles. The molecule has 0 aliphatic heterocycles. The number of para-hydroxylation sites is 1. The van der Waals surface area contributed by atoms with Crippen LogP contribution in [0.4, 0.5) is 23.2 Å². The molecule has 26 heavy (non-hydrogen) atoms. The van der Waals surface area contributed by atoms with Crippen molar-refractivity contribution in [3.63, 3.8) is 0 Å². The Hall–Kier alpha value is -2.90. The van der Waals surface area contributed by atoms with Crippen molar-refractivity contribution in [2.75, 3.05) is 18.5 Å². The summed E-state index contributed by atoms with van der Waals surface area (Å²) in [5.74, 6) is -11.5. The first-order valence-corrected chi connectivity index (χ1v) is 7.69. The smallest absolute Gasteiger partial charge is 0.318 e. The van der Waals surface area contributed by atoms with E-state index in [1.54, 1.807) is 30.3 Å². The first-order chi connectivity index (χ1) is 12.4. The molecule has 0 bridgehead atoms. The highest BCUT2D eigenvalue weighted by Gasteiger charge is 2.33. The predicted octanol–water partition coefficient (Wildman–Crippen LogP) is 3.72. The summed E-state index contributed by atoms with van der Waals surface area (Å²) in [4.78, 5) is 24.5. The molecule has 0 aliphatic rings. The Kier molecular flexibility index (Phi) is 6.32. The number of anilines is 1. The Morgan fingerprint density at radius 2 is 1.69 bits per heavy atom. The molecule has 0 amide bonds. The van der Waals surface area contributed by atoms with Gasteiger partial charge in [0.25, 0.3) is 0 Å². The number of ketones is 1. The van der Waals surface area contributed by atoms with E-state index in [4.69, 9.17) is 4.74 Å². The van der Waals surface area contributed by atoms with Crippen molar-refractivity contribution in [3.05, 3.63) is 65.2 Å². The summed E-state index contributed by atoms with van der Waals surface area (Å²) in [6, 6.07) is 8.69. The largest absolute Gasteiger partial charge is 0.465 e. The zero-order valence-corrected chi connectivity index (χ0v) is 13.7. The van der Waals surface area contributed by atoms with Gasteiger partial charge in [-0.3, -0.25) is 9.59 Å². The fourth-order valence-electron chi connectivity index (χ4n) is 2.24. The second-order valence-electron chi connectivity index (χ2n) is 5.26. The van der Waals surface area contributed by atoms with Gasteiger partial charge in [0.1, 0.15) is 5.92 Å². The quantitative estimate of drug-likeness (QED) is 0.202. The molecule has 2 rings (SSSR count). The van der Waals surface area contributed by atoms with Crippen molar-refractivity contribution < 1.29 is 31.9 Å². The summed E-state index contributed by atoms with van der Waals surface area (Å²) in [5.41, 5.74) is -0.499. The number of hydrogen-bond acceptors (Lipinski definition) is 4. The minimum Gasteiger partial charge on any atom is -0.465 e. The van der Waals surface area contributed by atoms with E-state index in [0.29, 0.717) is 5.69 Å². The van der Waals surface area contributed by atoms with E-state index in [1.165, 1.54) is 6.92 Å². The minimum absolute atomic E-state index is 0.0530. The van der Waals surface area contributed by atoms with Gasteiger partial charge in [-0.05, 0) is 25.1 Å². The van der Waals surface area contributed by atoms with Crippen LogP contribution in [0.2, 0.25) is 0 Å². The van der Waals surface area contributed by atoms with Crippen LogP contribution < -0.4 is 5.32 Å². The lowest BCUT2D eigenvalue weighted by Gasteiger charge is -2.17. The van der Waals surface area contributed by atoms with Gasteiger partial charge in [0, 0.05) is 12.2 Å². The Morgan fingerprint density at radius 1 is 1.04 bits per heavy atom. The highest BCUT2D eigenvalue weighted by atomic mass is 19.2. The Bertz CT molecular complexity index is 812. The Morgan fingerprint density at radius 3 is 2.31 bits per heavy atom. The van der Waals surface area contributed by atoms with Gasteiger partial charge in [0.2, 0.25) is 0 Å². The molecule has 0 saturated heterocycles. The van der Waals surface area contributed by atoms with Crippen molar-refractivity contribution in [1.29, 1.82) is 0 Å². The van der Waals surface area contributed by atoms with Crippen LogP contribution in [0.25, 0.3) is 0 Å². The third kappa shape index (κ3) is 4.19. The van der Waals surface area contributed by atoms with Crippen molar-refractivity contribution in [1.82, 2.24) is 0 Å². The molecule has 4 nitrogen and oxygen atoms in total. The number of carbonyl (C=O) groups excluding carboxylic acids is 2. The van der Waals surface area contributed by atoms with Crippen molar-refractivity contribution in [2.45, 2.75) is 6.92 Å². The molecule has 0 radical (unpaired) electrons. The first-order valence-electron chi connectivity index (χ1n) is 7.69. The molecule has 2 aromatic rings. The number of benzene rings is 2. The average Bonchev–Trinajstić information content (AvgIpc) is 2.64. The SMILES string of the molecule is CCOC(=O)C(CNc1ccccc1)C(=O)c1cc(F)c(F)c(F)c1F. The van der Waals surface area contributed by atoms with Crippen molar-refractivity contribution in [2.24, 2.45) is 5.92 Å². The number of rotatable bonds is 7. The molecular formula is C18H15F4NO3. The summed E-state index contributed by atoms with van der Waals surface area (Å²) < 4.78 is 58.5. The van der Waals surface area contributed by atoms with Crippen molar-refractivity contribution in [3.8, 4) is 0 Å². The molecule has 0 spiro atoms. The van der Waals surface area contributed by atoms with Crippen LogP contribution in [0.15, 0.2) is 36.4 Å². The van der Waals surface area contributed by atoms with Gasteiger partial charge in [-0.2, -0.15) is 0 Å². The maximum atomic E-state index is 13.9. The van der Waals surface area contributed by atoms with E-state index < -0.39 is 46.5 Å². The van der Waals surface area contributed by atoms with E-state index in [1.807, 2.05) is 0 Å². The number of esters is 1. The van der Waals surface area contributed by atoms with Gasteiger partial charge in [0.15, 0.2) is 29.1 Å². The number of hydrogen-bond donors (Lipinski definition) is 1. The first kappa shape index (κ1) is 19.4. The van der Waals surface area contributed by atoms with Gasteiger partial charge in [-0.15, -0.1) is 0 Å². The maximum Gasteiger partial charge on any atom is 0.318 e. The van der Waals surface area contributed by atoms with E-state index >= 15 is 0 Å². The van der Waals surface area contributed by atoms with Crippen LogP contribution in [0.3, 0.4) is 0 Å². The van der Waals surface area contributed by atoms with E-state index in [-0.39, 0.29) is 19.2 Å². The van der Waals surface area contributed by atoms with Gasteiger partial charge >= 0.3 is 5.97 Å². The van der Waals surface area contributed by atoms with Crippen LogP contribution in [-0.2, 0) is 9.53 Å². The summed E-state index contributed by atoms with van der Waals surface area (Å²) in [5, 5.41) is 2.79. The molecule has 1 unspecified atom stereocenters. The third-order valence-electron chi connectivity index (χ3n) is 3.54. The normalized spacial score (nSPS) is 11.7. The van der Waals surface area contributed by atoms with Crippen LogP contribution in [0.1, 0.15) is 17.3 Å². The minimum atomic E-state index is -2.12. The summed E-state index contributed by atoms with van der Waals surface area (Å²) in [7, 11) is 0. The molecular weight excluding hydrogens is 354 g/mol. The van der Waals surface area contributed by atoms with Crippen LogP contribution >= 0.6 is 0 Å². The van der Waals surface area contributed by atoms with Crippen LogP contribution in [0.5, 0.6) is 0 Å². The molecule has 8 heteroatoms. The van der Waals surface area contributed by atoms with Gasteiger partial charge in [-0.1, -0.05) is 18.2 Å². The molecule has 1 N–H and O–H groups in total. The highest BCUT2D eigenvalue weighted by Crippen LogP contribution is 2.22. The summed E-state index contributed by atoms with van der Waals surface area (Å²) >= 11 is 0. The number of halogens is 4. The predicted molar refractivity (Wildman–Crippen MR) is 85.7 cm³/mol.